The molecular weight excluding hydrogens is 274 g/mol. The van der Waals surface area contributed by atoms with Gasteiger partial charge in [-0.2, -0.15) is 0 Å². The Morgan fingerprint density at radius 1 is 1.61 bits per heavy atom. The van der Waals surface area contributed by atoms with Gasteiger partial charge in [-0.3, -0.25) is 0 Å². The van der Waals surface area contributed by atoms with Crippen LogP contribution >= 0.6 is 11.3 Å². The SMILES string of the molecule is CC(CC1CC1)NS(=O)(=O)c1ccsc1C(=O)O. The maximum absolute atomic E-state index is 12.1. The van der Waals surface area contributed by atoms with Crippen molar-refractivity contribution >= 4 is 27.3 Å². The van der Waals surface area contributed by atoms with Gasteiger partial charge in [0.05, 0.1) is 0 Å². The highest BCUT2D eigenvalue weighted by molar-refractivity contribution is 7.89. The molecule has 1 aromatic heterocycles. The molecule has 1 heterocycles. The summed E-state index contributed by atoms with van der Waals surface area (Å²) in [5, 5.41) is 10.4. The highest BCUT2D eigenvalue weighted by Crippen LogP contribution is 2.33. The zero-order valence-corrected chi connectivity index (χ0v) is 11.6. The summed E-state index contributed by atoms with van der Waals surface area (Å²) < 4.78 is 26.7. The number of carbonyl (C=O) groups is 1. The molecule has 1 aliphatic carbocycles. The second-order valence-corrected chi connectivity index (χ2v) is 7.22. The lowest BCUT2D eigenvalue weighted by Crippen LogP contribution is -2.33. The van der Waals surface area contributed by atoms with Crippen LogP contribution in [0, 0.1) is 5.92 Å². The number of hydrogen-bond donors (Lipinski definition) is 2. The summed E-state index contributed by atoms with van der Waals surface area (Å²) in [5.74, 6) is -0.593. The summed E-state index contributed by atoms with van der Waals surface area (Å²) in [6, 6.07) is 1.17. The second-order valence-electron chi connectivity index (χ2n) is 4.62. The van der Waals surface area contributed by atoms with E-state index in [1.54, 1.807) is 0 Å². The molecule has 0 radical (unpaired) electrons. The number of nitrogens with one attached hydrogen (secondary N) is 1. The molecule has 0 amide bonds. The van der Waals surface area contributed by atoms with Gasteiger partial charge in [-0.25, -0.2) is 17.9 Å². The van der Waals surface area contributed by atoms with E-state index < -0.39 is 16.0 Å². The topological polar surface area (TPSA) is 83.5 Å². The molecule has 7 heteroatoms. The Kier molecular flexibility index (Phi) is 3.74. The number of rotatable bonds is 6. The molecule has 1 unspecified atom stereocenters. The molecule has 1 aromatic rings. The zero-order valence-electron chi connectivity index (χ0n) is 9.92. The van der Waals surface area contributed by atoms with Gasteiger partial charge in [-0.15, -0.1) is 11.3 Å². The Balaban J connectivity index is 2.13. The predicted octanol–water partition coefficient (Wildman–Crippen LogP) is 1.91. The number of carboxylic acid groups (broad SMARTS) is 1. The van der Waals surface area contributed by atoms with Crippen molar-refractivity contribution in [3.05, 3.63) is 16.3 Å². The fraction of sp³-hybridized carbons (Fsp3) is 0.545. The van der Waals surface area contributed by atoms with Gasteiger partial charge in [0, 0.05) is 6.04 Å². The zero-order chi connectivity index (χ0) is 13.3. The fourth-order valence-corrected chi connectivity index (χ4v) is 4.41. The summed E-state index contributed by atoms with van der Waals surface area (Å²) in [5.41, 5.74) is 0. The molecule has 0 aliphatic heterocycles. The first-order valence-electron chi connectivity index (χ1n) is 5.73. The van der Waals surface area contributed by atoms with Gasteiger partial charge in [-0.1, -0.05) is 12.8 Å². The molecule has 0 bridgehead atoms. The van der Waals surface area contributed by atoms with E-state index in [9.17, 15) is 13.2 Å². The average Bonchev–Trinajstić information content (AvgIpc) is 2.91. The molecule has 100 valence electrons. The van der Waals surface area contributed by atoms with Crippen LogP contribution in [-0.4, -0.2) is 25.5 Å². The minimum atomic E-state index is -3.73. The van der Waals surface area contributed by atoms with Crippen molar-refractivity contribution in [1.29, 1.82) is 0 Å². The van der Waals surface area contributed by atoms with Gasteiger partial charge in [0.25, 0.3) is 0 Å². The quantitative estimate of drug-likeness (QED) is 0.838. The molecule has 1 fully saturated rings. The van der Waals surface area contributed by atoms with Crippen molar-refractivity contribution in [2.24, 2.45) is 5.92 Å². The average molecular weight is 289 g/mol. The Morgan fingerprint density at radius 2 is 2.28 bits per heavy atom. The first kappa shape index (κ1) is 13.5. The summed E-state index contributed by atoms with van der Waals surface area (Å²) in [7, 11) is -3.73. The van der Waals surface area contributed by atoms with Crippen LogP contribution in [0.3, 0.4) is 0 Å². The molecule has 1 atom stereocenters. The van der Waals surface area contributed by atoms with Crippen molar-refractivity contribution in [3.8, 4) is 0 Å². The van der Waals surface area contributed by atoms with Crippen molar-refractivity contribution in [2.45, 2.75) is 37.1 Å². The van der Waals surface area contributed by atoms with Crippen LogP contribution in [0.1, 0.15) is 35.9 Å². The third-order valence-electron chi connectivity index (χ3n) is 2.85. The number of carboxylic acids is 1. The van der Waals surface area contributed by atoms with Crippen molar-refractivity contribution < 1.29 is 18.3 Å². The maximum atomic E-state index is 12.1. The Labute approximate surface area is 110 Å². The Bertz CT molecular complexity index is 545. The van der Waals surface area contributed by atoms with E-state index >= 15 is 0 Å². The predicted molar refractivity (Wildman–Crippen MR) is 68.4 cm³/mol. The largest absolute Gasteiger partial charge is 0.477 e. The lowest BCUT2D eigenvalue weighted by Gasteiger charge is -2.13. The molecule has 0 saturated heterocycles. The number of thiophene rings is 1. The lowest BCUT2D eigenvalue weighted by atomic mass is 10.2. The van der Waals surface area contributed by atoms with E-state index in [0.717, 1.165) is 30.6 Å². The Morgan fingerprint density at radius 3 is 2.83 bits per heavy atom. The number of aromatic carboxylic acids is 1. The third-order valence-corrected chi connectivity index (χ3v) is 5.52. The standard InChI is InChI=1S/C11H15NO4S2/c1-7(6-8-2-3-8)12-18(15,16)9-4-5-17-10(9)11(13)14/h4-5,7-8,12H,2-3,6H2,1H3,(H,13,14). The van der Waals surface area contributed by atoms with Crippen molar-refractivity contribution in [1.82, 2.24) is 4.72 Å². The Hall–Kier alpha value is -0.920. The van der Waals surface area contributed by atoms with Crippen LogP contribution in [-0.2, 0) is 10.0 Å². The molecule has 2 rings (SSSR count). The third kappa shape index (κ3) is 3.09. The van der Waals surface area contributed by atoms with Crippen molar-refractivity contribution in [2.75, 3.05) is 0 Å². The summed E-state index contributed by atoms with van der Waals surface area (Å²) in [4.78, 5) is 10.6. The van der Waals surface area contributed by atoms with Gasteiger partial charge in [0.15, 0.2) is 0 Å². The van der Waals surface area contributed by atoms with E-state index in [-0.39, 0.29) is 15.8 Å². The summed E-state index contributed by atoms with van der Waals surface area (Å²) in [6.07, 6.45) is 3.13. The van der Waals surface area contributed by atoms with Crippen LogP contribution in [0.2, 0.25) is 0 Å². The lowest BCUT2D eigenvalue weighted by molar-refractivity contribution is 0.0698. The maximum Gasteiger partial charge on any atom is 0.347 e. The van der Waals surface area contributed by atoms with Crippen molar-refractivity contribution in [3.63, 3.8) is 0 Å². The van der Waals surface area contributed by atoms with E-state index in [2.05, 4.69) is 4.72 Å². The van der Waals surface area contributed by atoms with E-state index in [4.69, 9.17) is 5.11 Å². The van der Waals surface area contributed by atoms with Gasteiger partial charge >= 0.3 is 5.97 Å². The molecule has 0 aromatic carbocycles. The first-order valence-corrected chi connectivity index (χ1v) is 8.09. The normalized spacial score (nSPS) is 17.6. The monoisotopic (exact) mass is 289 g/mol. The minimum Gasteiger partial charge on any atom is -0.477 e. The summed E-state index contributed by atoms with van der Waals surface area (Å²) >= 11 is 0.919. The number of hydrogen-bond acceptors (Lipinski definition) is 4. The molecule has 1 saturated carbocycles. The van der Waals surface area contributed by atoms with Crippen LogP contribution in [0.5, 0.6) is 0 Å². The minimum absolute atomic E-state index is 0.136. The van der Waals surface area contributed by atoms with Crippen LogP contribution in [0.25, 0.3) is 0 Å². The number of sulfonamides is 1. The first-order chi connectivity index (χ1) is 8.40. The highest BCUT2D eigenvalue weighted by atomic mass is 32.2. The summed E-state index contributed by atoms with van der Waals surface area (Å²) in [6.45, 7) is 1.81. The highest BCUT2D eigenvalue weighted by Gasteiger charge is 2.28. The molecule has 1 aliphatic rings. The molecule has 5 nitrogen and oxygen atoms in total. The van der Waals surface area contributed by atoms with E-state index in [0.29, 0.717) is 5.92 Å². The van der Waals surface area contributed by atoms with Gasteiger partial charge < -0.3 is 5.11 Å². The van der Waals surface area contributed by atoms with Crippen LogP contribution < -0.4 is 4.72 Å². The van der Waals surface area contributed by atoms with Crippen LogP contribution in [0.15, 0.2) is 16.3 Å². The smallest absolute Gasteiger partial charge is 0.347 e. The van der Waals surface area contributed by atoms with E-state index in [1.165, 1.54) is 11.4 Å². The van der Waals surface area contributed by atoms with Crippen LogP contribution in [0.4, 0.5) is 0 Å². The van der Waals surface area contributed by atoms with E-state index in [1.807, 2.05) is 6.92 Å². The molecule has 18 heavy (non-hydrogen) atoms. The van der Waals surface area contributed by atoms with Gasteiger partial charge in [0.2, 0.25) is 10.0 Å². The molecule has 2 N–H and O–H groups in total. The fourth-order valence-electron chi connectivity index (χ4n) is 1.90. The molecular formula is C11H15NO4S2. The second kappa shape index (κ2) is 4.99. The molecule has 0 spiro atoms. The van der Waals surface area contributed by atoms with Gasteiger partial charge in [-0.05, 0) is 30.7 Å². The van der Waals surface area contributed by atoms with Gasteiger partial charge in [0.1, 0.15) is 9.77 Å².